The SMILES string of the molecule is CC[C@H](NC(=O)[C@H]1C[C@@H](NC(=O)CCOCCOCCOCCOCCC(=O)NCCn2nc3c(c2C#N)-c2cnc(N)c(c2)N2CCC[C@@H]2c2cc(F)ccc2C(=O)N(C)C3)CN1C(=O)C(NC(=O)[C@@H](C)NC)C(C)(C)C)c1ccccc1. The number of carbonyl (C=O) groups is 6. The maximum Gasteiger partial charge on any atom is 0.254 e. The summed E-state index contributed by atoms with van der Waals surface area (Å²) in [6, 6.07) is 14.4. The molecular weight excluding hydrogens is 1080 g/mol. The number of aromatic nitrogens is 3. The first-order valence-corrected chi connectivity index (χ1v) is 28.9. The third kappa shape index (κ3) is 16.6. The molecule has 0 radical (unpaired) electrons. The molecule has 4 aromatic rings. The molecular formula is C60H82FN13O10. The van der Waals surface area contributed by atoms with Gasteiger partial charge in [0.25, 0.3) is 5.91 Å². The van der Waals surface area contributed by atoms with Gasteiger partial charge in [0.2, 0.25) is 29.5 Å². The van der Waals surface area contributed by atoms with Crippen molar-refractivity contribution in [2.45, 2.75) is 122 Å². The molecule has 7 rings (SSSR count). The Morgan fingerprint density at radius 2 is 1.58 bits per heavy atom. The van der Waals surface area contributed by atoms with E-state index in [1.165, 1.54) is 32.7 Å². The maximum atomic E-state index is 14.7. The molecule has 84 heavy (non-hydrogen) atoms. The number of nitrogens with zero attached hydrogens (tertiary/aromatic N) is 7. The van der Waals surface area contributed by atoms with Crippen LogP contribution in [0.5, 0.6) is 0 Å². The number of halogens is 1. The minimum absolute atomic E-state index is 0.0408. The molecule has 0 saturated carbocycles. The average molecular weight is 1160 g/mol. The lowest BCUT2D eigenvalue weighted by Crippen LogP contribution is -2.59. The summed E-state index contributed by atoms with van der Waals surface area (Å²) in [7, 11) is 3.30. The predicted molar refractivity (Wildman–Crippen MR) is 311 cm³/mol. The van der Waals surface area contributed by atoms with Crippen molar-refractivity contribution in [3.8, 4) is 17.2 Å². The van der Waals surface area contributed by atoms with Crippen molar-refractivity contribution in [1.82, 2.24) is 51.1 Å². The second kappa shape index (κ2) is 30.3. The summed E-state index contributed by atoms with van der Waals surface area (Å²) < 4.78 is 38.7. The van der Waals surface area contributed by atoms with Gasteiger partial charge in [-0.25, -0.2) is 9.37 Å². The third-order valence-electron chi connectivity index (χ3n) is 15.3. The number of anilines is 2. The highest BCUT2D eigenvalue weighted by Crippen LogP contribution is 2.43. The van der Waals surface area contributed by atoms with Crippen molar-refractivity contribution in [2.24, 2.45) is 5.41 Å². The number of hydrogen-bond donors (Lipinski definition) is 6. The Balaban J connectivity index is 0.780. The summed E-state index contributed by atoms with van der Waals surface area (Å²) in [5.41, 5.74) is 10.0. The Hall–Kier alpha value is -7.56. The molecule has 1 unspecified atom stereocenters. The first kappa shape index (κ1) is 64.0. The zero-order chi connectivity index (χ0) is 60.5. The normalized spacial score (nSPS) is 17.8. The molecule has 2 aromatic carbocycles. The quantitative estimate of drug-likeness (QED) is 0.0462. The zero-order valence-corrected chi connectivity index (χ0v) is 49.3. The number of nitriles is 1. The largest absolute Gasteiger partial charge is 0.382 e. The second-order valence-corrected chi connectivity index (χ2v) is 22.4. The first-order valence-electron chi connectivity index (χ1n) is 28.9. The number of nitrogens with one attached hydrogen (secondary N) is 5. The highest BCUT2D eigenvalue weighted by Gasteiger charge is 2.46. The fraction of sp³-hybridized carbons (Fsp3) is 0.550. The van der Waals surface area contributed by atoms with Gasteiger partial charge in [-0.3, -0.25) is 33.4 Å². The van der Waals surface area contributed by atoms with E-state index in [9.17, 15) is 38.4 Å². The maximum absolute atomic E-state index is 14.7. The van der Waals surface area contributed by atoms with Crippen molar-refractivity contribution >= 4 is 46.9 Å². The Morgan fingerprint density at radius 3 is 2.23 bits per heavy atom. The van der Waals surface area contributed by atoms with Crippen LogP contribution in [0.1, 0.15) is 118 Å². The summed E-state index contributed by atoms with van der Waals surface area (Å²) in [5, 5.41) is 30.0. The minimum Gasteiger partial charge on any atom is -0.382 e. The molecule has 23 nitrogen and oxygen atoms in total. The number of likely N-dealkylation sites (N-methyl/N-ethyl adjacent to an activating group) is 1. The summed E-state index contributed by atoms with van der Waals surface area (Å²) in [6.07, 6.45) is 4.01. The van der Waals surface area contributed by atoms with Crippen LogP contribution in [-0.4, -0.2) is 171 Å². The number of benzene rings is 2. The number of likely N-dealkylation sites (tertiary alicyclic amines) is 1. The lowest BCUT2D eigenvalue weighted by molar-refractivity contribution is -0.144. The number of nitrogens with two attached hydrogens (primary N) is 1. The van der Waals surface area contributed by atoms with E-state index in [1.807, 2.05) is 69.0 Å². The van der Waals surface area contributed by atoms with Crippen LogP contribution in [0.25, 0.3) is 11.1 Å². The number of ether oxygens (including phenoxy) is 4. The van der Waals surface area contributed by atoms with Crippen LogP contribution >= 0.6 is 0 Å². The summed E-state index contributed by atoms with van der Waals surface area (Å²) in [4.78, 5) is 90.8. The summed E-state index contributed by atoms with van der Waals surface area (Å²) in [6.45, 7) is 12.2. The molecule has 2 aromatic heterocycles. The van der Waals surface area contributed by atoms with Crippen LogP contribution < -0.4 is 37.2 Å². The second-order valence-electron chi connectivity index (χ2n) is 22.4. The van der Waals surface area contributed by atoms with Crippen molar-refractivity contribution in [1.29, 1.82) is 5.26 Å². The molecule has 6 amide bonds. The number of rotatable bonds is 27. The van der Waals surface area contributed by atoms with Crippen LogP contribution in [0, 0.1) is 22.6 Å². The summed E-state index contributed by atoms with van der Waals surface area (Å²) in [5.74, 6) is -2.13. The molecule has 454 valence electrons. The summed E-state index contributed by atoms with van der Waals surface area (Å²) >= 11 is 0. The fourth-order valence-electron chi connectivity index (χ4n) is 10.7. The fourth-order valence-corrected chi connectivity index (χ4v) is 10.7. The smallest absolute Gasteiger partial charge is 0.254 e. The Kier molecular flexibility index (Phi) is 23.1. The minimum atomic E-state index is -0.938. The third-order valence-corrected chi connectivity index (χ3v) is 15.3. The molecule has 3 aliphatic heterocycles. The molecule has 24 heteroatoms. The van der Waals surface area contributed by atoms with Crippen LogP contribution in [-0.2, 0) is 56.0 Å². The van der Waals surface area contributed by atoms with Crippen molar-refractivity contribution in [2.75, 3.05) is 97.2 Å². The molecule has 0 aliphatic carbocycles. The van der Waals surface area contributed by atoms with Gasteiger partial charge in [0.05, 0.1) is 95.5 Å². The monoisotopic (exact) mass is 1160 g/mol. The van der Waals surface area contributed by atoms with Crippen LogP contribution in [0.4, 0.5) is 15.9 Å². The van der Waals surface area contributed by atoms with Crippen molar-refractivity contribution in [3.05, 3.63) is 94.7 Å². The van der Waals surface area contributed by atoms with E-state index in [0.717, 1.165) is 12.0 Å². The van der Waals surface area contributed by atoms with Gasteiger partial charge < -0.3 is 66.0 Å². The van der Waals surface area contributed by atoms with Gasteiger partial charge >= 0.3 is 0 Å². The topological polar surface area (TPSA) is 290 Å². The molecule has 2 bridgehead atoms. The van der Waals surface area contributed by atoms with Crippen LogP contribution in [0.3, 0.4) is 0 Å². The molecule has 3 aliphatic rings. The van der Waals surface area contributed by atoms with E-state index in [4.69, 9.17) is 29.8 Å². The molecule has 7 N–H and O–H groups in total. The number of fused-ring (bicyclic) bond motifs is 8. The van der Waals surface area contributed by atoms with E-state index in [-0.39, 0.29) is 138 Å². The number of nitrogen functional groups attached to an aromatic ring is 1. The van der Waals surface area contributed by atoms with Gasteiger partial charge in [0, 0.05) is 68.5 Å². The first-order chi connectivity index (χ1) is 40.3. The van der Waals surface area contributed by atoms with Gasteiger partial charge in [-0.05, 0) is 80.5 Å². The van der Waals surface area contributed by atoms with E-state index < -0.39 is 41.3 Å². The van der Waals surface area contributed by atoms with E-state index in [1.54, 1.807) is 27.2 Å². The Labute approximate surface area is 490 Å². The molecule has 6 atom stereocenters. The highest BCUT2D eigenvalue weighted by molar-refractivity contribution is 5.97. The molecule has 2 fully saturated rings. The lowest BCUT2D eigenvalue weighted by atomic mass is 9.85. The van der Waals surface area contributed by atoms with E-state index in [0.29, 0.717) is 66.2 Å². The molecule has 5 heterocycles. The molecule has 0 spiro atoms. The lowest BCUT2D eigenvalue weighted by Gasteiger charge is -2.36. The number of amides is 6. The number of carbonyl (C=O) groups excluding carboxylic acids is 6. The highest BCUT2D eigenvalue weighted by atomic mass is 19.1. The standard InChI is InChI=1S/C60H82FN13O10/c1-8-45(39-13-10-9-11-14-39)68-57(78)49-33-42(36-73(49)59(80)54(60(3,4)5)69-56(77)38(2)64-6)67-52(76)19-24-82-26-28-84-30-29-83-27-25-81-23-18-51(75)65-20-22-74-50(34-62)53-40-31-48(55(63)66-35-40)72-21-12-15-47(72)44-32-41(61)16-17-43(44)58(79)71(7)37-46(53)70-74/h9-11,13-14,16-17,31-32,35,38,42,45,47,49,54,64H,8,12,15,18-30,33,36-37H2,1-7H3,(H2,63,66)(H,65,75)(H,67,76)(H,68,78)(H,69,77)/t38-,42-,45+,47-,49-,54?/m1/s1. The van der Waals surface area contributed by atoms with E-state index in [2.05, 4.69) is 37.6 Å². The van der Waals surface area contributed by atoms with Crippen LogP contribution in [0.15, 0.2) is 60.8 Å². The van der Waals surface area contributed by atoms with Gasteiger partial charge in [-0.15, -0.1) is 0 Å². The van der Waals surface area contributed by atoms with Gasteiger partial charge in [0.1, 0.15) is 35.5 Å². The predicted octanol–water partition coefficient (Wildman–Crippen LogP) is 3.92. The average Bonchev–Trinajstić information content (AvgIpc) is 2.53. The number of pyridine rings is 1. The van der Waals surface area contributed by atoms with Crippen molar-refractivity contribution < 1.29 is 52.1 Å². The molecule has 2 saturated heterocycles. The van der Waals surface area contributed by atoms with Gasteiger partial charge in [0.15, 0.2) is 0 Å². The zero-order valence-electron chi connectivity index (χ0n) is 49.3. The number of hydrogen-bond acceptors (Lipinski definition) is 16. The van der Waals surface area contributed by atoms with Crippen LogP contribution in [0.2, 0.25) is 0 Å². The Morgan fingerprint density at radius 1 is 0.917 bits per heavy atom. The van der Waals surface area contributed by atoms with Crippen molar-refractivity contribution in [3.63, 3.8) is 0 Å². The van der Waals surface area contributed by atoms with Gasteiger partial charge in [-0.2, -0.15) is 10.4 Å². The van der Waals surface area contributed by atoms with E-state index >= 15 is 0 Å². The van der Waals surface area contributed by atoms with Gasteiger partial charge in [-0.1, -0.05) is 58.0 Å². The Bertz CT molecular complexity index is 2970.